The van der Waals surface area contributed by atoms with E-state index in [1.807, 2.05) is 31.7 Å². The molecule has 21 heavy (non-hydrogen) atoms. The Bertz CT molecular complexity index is 493. The molecule has 1 aromatic rings. The molecule has 118 valence electrons. The second-order valence-corrected chi connectivity index (χ2v) is 7.04. The zero-order valence-electron chi connectivity index (χ0n) is 12.9. The summed E-state index contributed by atoms with van der Waals surface area (Å²) in [6, 6.07) is 1.84. The van der Waals surface area contributed by atoms with Crippen LogP contribution in [-0.4, -0.2) is 35.2 Å². The predicted octanol–water partition coefficient (Wildman–Crippen LogP) is 2.30. The molecular formula is C15H24N2O3S. The number of thioether (sulfide) groups is 1. The lowest BCUT2D eigenvalue weighted by Gasteiger charge is -2.26. The first-order valence-corrected chi connectivity index (χ1v) is 8.46. The Hall–Kier alpha value is -1.14. The number of hydrogen-bond donors (Lipinski definition) is 3. The molecule has 1 atom stereocenters. The first-order valence-electron chi connectivity index (χ1n) is 7.30. The first-order chi connectivity index (χ1) is 9.88. The maximum Gasteiger partial charge on any atom is 0.315 e. The normalized spacial score (nSPS) is 19.0. The van der Waals surface area contributed by atoms with E-state index >= 15 is 0 Å². The molecule has 0 saturated carbocycles. The summed E-state index contributed by atoms with van der Waals surface area (Å²) in [7, 11) is 0. The van der Waals surface area contributed by atoms with E-state index in [0.29, 0.717) is 5.76 Å². The number of aryl methyl sites for hydroxylation is 2. The third kappa shape index (κ3) is 4.41. The Morgan fingerprint density at radius 1 is 1.48 bits per heavy atom. The zero-order chi connectivity index (χ0) is 15.5. The van der Waals surface area contributed by atoms with Crippen LogP contribution in [-0.2, 0) is 5.60 Å². The summed E-state index contributed by atoms with van der Waals surface area (Å²) in [5, 5.41) is 16.3. The van der Waals surface area contributed by atoms with E-state index in [4.69, 9.17) is 4.42 Å². The Kier molecular flexibility index (Phi) is 5.22. The lowest BCUT2D eigenvalue weighted by molar-refractivity contribution is 0.0577. The van der Waals surface area contributed by atoms with Gasteiger partial charge in [-0.15, -0.1) is 0 Å². The van der Waals surface area contributed by atoms with Crippen LogP contribution in [0.25, 0.3) is 0 Å². The summed E-state index contributed by atoms with van der Waals surface area (Å²) in [6.45, 7) is 5.49. The maximum absolute atomic E-state index is 11.9. The molecule has 3 N–H and O–H groups in total. The number of hydrogen-bond acceptors (Lipinski definition) is 4. The molecule has 1 fully saturated rings. The minimum Gasteiger partial charge on any atom is -0.466 e. The van der Waals surface area contributed by atoms with Crippen molar-refractivity contribution in [1.82, 2.24) is 10.6 Å². The highest BCUT2D eigenvalue weighted by Gasteiger charge is 2.28. The minimum absolute atomic E-state index is 0.153. The van der Waals surface area contributed by atoms with Crippen molar-refractivity contribution >= 4 is 17.8 Å². The van der Waals surface area contributed by atoms with Crippen molar-refractivity contribution in [1.29, 1.82) is 0 Å². The number of amides is 2. The summed E-state index contributed by atoms with van der Waals surface area (Å²) < 4.78 is 5.44. The summed E-state index contributed by atoms with van der Waals surface area (Å²) >= 11 is 1.92. The Labute approximate surface area is 129 Å². The van der Waals surface area contributed by atoms with Crippen LogP contribution in [0, 0.1) is 13.8 Å². The number of furan rings is 1. The highest BCUT2D eigenvalue weighted by atomic mass is 32.2. The number of carbonyl (C=O) groups is 1. The van der Waals surface area contributed by atoms with Crippen LogP contribution in [0.1, 0.15) is 36.8 Å². The first kappa shape index (κ1) is 16.2. The van der Waals surface area contributed by atoms with Gasteiger partial charge in [0.05, 0.1) is 6.54 Å². The summed E-state index contributed by atoms with van der Waals surface area (Å²) in [5.41, 5.74) is -0.420. The largest absolute Gasteiger partial charge is 0.466 e. The highest BCUT2D eigenvalue weighted by molar-refractivity contribution is 7.99. The lowest BCUT2D eigenvalue weighted by Crippen LogP contribution is -2.47. The maximum atomic E-state index is 11.9. The molecule has 0 spiro atoms. The fourth-order valence-electron chi connectivity index (χ4n) is 2.59. The number of rotatable bonds is 4. The van der Waals surface area contributed by atoms with Crippen LogP contribution >= 0.6 is 11.8 Å². The van der Waals surface area contributed by atoms with Crippen LogP contribution < -0.4 is 10.6 Å². The molecule has 6 heteroatoms. The molecule has 0 unspecified atom stereocenters. The second-order valence-electron chi connectivity index (χ2n) is 5.81. The fourth-order valence-corrected chi connectivity index (χ4v) is 3.70. The lowest BCUT2D eigenvalue weighted by atomic mass is 9.96. The van der Waals surface area contributed by atoms with Gasteiger partial charge in [-0.2, -0.15) is 11.8 Å². The van der Waals surface area contributed by atoms with E-state index in [9.17, 15) is 9.90 Å². The van der Waals surface area contributed by atoms with Crippen molar-refractivity contribution in [3.05, 3.63) is 23.2 Å². The van der Waals surface area contributed by atoms with E-state index < -0.39 is 5.60 Å². The van der Waals surface area contributed by atoms with Gasteiger partial charge in [0.1, 0.15) is 17.1 Å². The number of carbonyl (C=O) groups excluding carboxylic acids is 1. The van der Waals surface area contributed by atoms with Crippen molar-refractivity contribution in [2.75, 3.05) is 18.1 Å². The van der Waals surface area contributed by atoms with Gasteiger partial charge in [-0.05, 0) is 51.2 Å². The molecule has 1 aromatic heterocycles. The SMILES string of the molecule is Cc1cc([C@@](C)(O)CNC(=O)NC2CCSCC2)c(C)o1. The molecule has 5 nitrogen and oxygen atoms in total. The summed E-state index contributed by atoms with van der Waals surface area (Å²) in [4.78, 5) is 11.9. The molecule has 2 amide bonds. The molecule has 1 aliphatic rings. The molecule has 2 heterocycles. The zero-order valence-corrected chi connectivity index (χ0v) is 13.7. The smallest absolute Gasteiger partial charge is 0.315 e. The van der Waals surface area contributed by atoms with E-state index in [0.717, 1.165) is 35.7 Å². The van der Waals surface area contributed by atoms with Crippen LogP contribution in [0.15, 0.2) is 10.5 Å². The summed E-state index contributed by atoms with van der Waals surface area (Å²) in [6.07, 6.45) is 2.02. The van der Waals surface area contributed by atoms with Crippen molar-refractivity contribution in [2.45, 2.75) is 45.3 Å². The molecule has 0 radical (unpaired) electrons. The van der Waals surface area contributed by atoms with Gasteiger partial charge in [0.25, 0.3) is 0 Å². The van der Waals surface area contributed by atoms with Crippen molar-refractivity contribution in [3.63, 3.8) is 0 Å². The third-order valence-electron chi connectivity index (χ3n) is 3.77. The minimum atomic E-state index is -1.14. The highest BCUT2D eigenvalue weighted by Crippen LogP contribution is 2.26. The van der Waals surface area contributed by atoms with Crippen LogP contribution in [0.2, 0.25) is 0 Å². The van der Waals surface area contributed by atoms with Crippen LogP contribution in [0.4, 0.5) is 4.79 Å². The van der Waals surface area contributed by atoms with Crippen LogP contribution in [0.5, 0.6) is 0 Å². The van der Waals surface area contributed by atoms with Gasteiger partial charge in [-0.1, -0.05) is 0 Å². The van der Waals surface area contributed by atoms with E-state index in [2.05, 4.69) is 10.6 Å². The topological polar surface area (TPSA) is 74.5 Å². The molecule has 0 aliphatic carbocycles. The Balaban J connectivity index is 1.86. The van der Waals surface area contributed by atoms with Gasteiger partial charge in [0, 0.05) is 11.6 Å². The number of urea groups is 1. The van der Waals surface area contributed by atoms with Crippen molar-refractivity contribution < 1.29 is 14.3 Å². The van der Waals surface area contributed by atoms with Gasteiger partial charge in [-0.3, -0.25) is 0 Å². The molecule has 2 rings (SSSR count). The van der Waals surface area contributed by atoms with Gasteiger partial charge in [0.2, 0.25) is 0 Å². The quantitative estimate of drug-likeness (QED) is 0.797. The third-order valence-corrected chi connectivity index (χ3v) is 4.82. The molecule has 1 aliphatic heterocycles. The second kappa shape index (κ2) is 6.75. The van der Waals surface area contributed by atoms with Gasteiger partial charge in [0.15, 0.2) is 0 Å². The standard InChI is InChI=1S/C15H24N2O3S/c1-10-8-13(11(2)20-10)15(3,19)9-16-14(18)17-12-4-6-21-7-5-12/h8,12,19H,4-7,9H2,1-3H3,(H2,16,17,18)/t15-/m0/s1. The van der Waals surface area contributed by atoms with Crippen molar-refractivity contribution in [3.8, 4) is 0 Å². The molecule has 1 saturated heterocycles. The average molecular weight is 312 g/mol. The monoisotopic (exact) mass is 312 g/mol. The molecule has 0 bridgehead atoms. The Morgan fingerprint density at radius 3 is 2.71 bits per heavy atom. The fraction of sp³-hybridized carbons (Fsp3) is 0.667. The molecule has 0 aromatic carbocycles. The van der Waals surface area contributed by atoms with Crippen LogP contribution in [0.3, 0.4) is 0 Å². The van der Waals surface area contributed by atoms with Gasteiger partial charge in [-0.25, -0.2) is 4.79 Å². The van der Waals surface area contributed by atoms with E-state index in [-0.39, 0.29) is 18.6 Å². The van der Waals surface area contributed by atoms with Gasteiger partial charge >= 0.3 is 6.03 Å². The summed E-state index contributed by atoms with van der Waals surface area (Å²) in [5.74, 6) is 3.63. The number of nitrogens with one attached hydrogen (secondary N) is 2. The average Bonchev–Trinajstić information content (AvgIpc) is 2.78. The van der Waals surface area contributed by atoms with Crippen molar-refractivity contribution in [2.24, 2.45) is 0 Å². The van der Waals surface area contributed by atoms with Gasteiger partial charge < -0.3 is 20.2 Å². The predicted molar refractivity (Wildman–Crippen MR) is 84.6 cm³/mol. The molecular weight excluding hydrogens is 288 g/mol. The van der Waals surface area contributed by atoms with E-state index in [1.54, 1.807) is 6.92 Å². The van der Waals surface area contributed by atoms with E-state index in [1.165, 1.54) is 0 Å². The number of aliphatic hydroxyl groups is 1. The Morgan fingerprint density at radius 2 is 2.14 bits per heavy atom.